The van der Waals surface area contributed by atoms with Crippen LogP contribution >= 0.6 is 11.6 Å². The van der Waals surface area contributed by atoms with Crippen LogP contribution in [0.4, 0.5) is 5.69 Å². The Morgan fingerprint density at radius 3 is 3.08 bits per heavy atom. The maximum absolute atomic E-state index is 13.1. The molecule has 2 saturated heterocycles. The number of ether oxygens (including phenoxy) is 2. The molecule has 1 aromatic carbocycles. The third kappa shape index (κ3) is 2.57. The molecule has 2 fully saturated rings. The highest BCUT2D eigenvalue weighted by Crippen LogP contribution is 2.53. The van der Waals surface area contributed by atoms with Crippen LogP contribution in [0.2, 0.25) is 5.02 Å². The van der Waals surface area contributed by atoms with Crippen LogP contribution in [-0.4, -0.2) is 36.7 Å². The zero-order valence-corrected chi connectivity index (χ0v) is 14.7. The molecule has 3 aliphatic heterocycles. The normalized spacial score (nSPS) is 32.3. The van der Waals surface area contributed by atoms with Crippen LogP contribution in [0.5, 0.6) is 0 Å². The van der Waals surface area contributed by atoms with Gasteiger partial charge in [-0.15, -0.1) is 0 Å². The van der Waals surface area contributed by atoms with Gasteiger partial charge in [-0.2, -0.15) is 0 Å². The highest BCUT2D eigenvalue weighted by atomic mass is 35.5. The minimum Gasteiger partial charge on any atom is -0.465 e. The summed E-state index contributed by atoms with van der Waals surface area (Å²) in [6.45, 7) is 2.81. The predicted octanol–water partition coefficient (Wildman–Crippen LogP) is 2.97. The van der Waals surface area contributed by atoms with Gasteiger partial charge < -0.3 is 14.4 Å². The van der Waals surface area contributed by atoms with Gasteiger partial charge in [-0.05, 0) is 24.6 Å². The lowest BCUT2D eigenvalue weighted by Crippen LogP contribution is -2.40. The number of unbranched alkanes of at least 4 members (excludes halogenated alkanes) is 1. The summed E-state index contributed by atoms with van der Waals surface area (Å²) in [4.78, 5) is 27.3. The van der Waals surface area contributed by atoms with E-state index >= 15 is 0 Å². The molecule has 0 aromatic heterocycles. The van der Waals surface area contributed by atoms with Gasteiger partial charge in [-0.3, -0.25) is 9.59 Å². The van der Waals surface area contributed by atoms with Gasteiger partial charge in [-0.1, -0.05) is 43.2 Å². The molecule has 0 radical (unpaired) electrons. The van der Waals surface area contributed by atoms with E-state index in [4.69, 9.17) is 21.1 Å². The van der Waals surface area contributed by atoms with E-state index in [1.165, 1.54) is 0 Å². The maximum atomic E-state index is 13.1. The van der Waals surface area contributed by atoms with Crippen molar-refractivity contribution < 1.29 is 19.1 Å². The summed E-state index contributed by atoms with van der Waals surface area (Å²) in [5.74, 6) is -1.54. The summed E-state index contributed by atoms with van der Waals surface area (Å²) in [6.07, 6.45) is 5.22. The summed E-state index contributed by atoms with van der Waals surface area (Å²) in [5.41, 5.74) is -0.0155. The van der Waals surface area contributed by atoms with E-state index < -0.39 is 17.4 Å². The molecule has 5 nitrogen and oxygen atoms in total. The van der Waals surface area contributed by atoms with Crippen molar-refractivity contribution in [2.75, 3.05) is 18.1 Å². The van der Waals surface area contributed by atoms with Crippen LogP contribution in [0.3, 0.4) is 0 Å². The number of anilines is 1. The van der Waals surface area contributed by atoms with E-state index in [1.807, 2.05) is 25.1 Å². The van der Waals surface area contributed by atoms with Gasteiger partial charge in [0.25, 0.3) is 0 Å². The van der Waals surface area contributed by atoms with Crippen LogP contribution in [0, 0.1) is 11.8 Å². The molecule has 25 heavy (non-hydrogen) atoms. The lowest BCUT2D eigenvalue weighted by atomic mass is 9.77. The number of nitrogens with zero attached hydrogens (tertiary/aromatic N) is 1. The molecule has 1 amide bonds. The molecule has 2 bridgehead atoms. The fraction of sp³-hybridized carbons (Fsp3) is 0.474. The van der Waals surface area contributed by atoms with Crippen LogP contribution in [0.15, 0.2) is 36.4 Å². The number of fused-ring (bicyclic) bond motifs is 1. The van der Waals surface area contributed by atoms with Crippen molar-refractivity contribution in [2.24, 2.45) is 11.8 Å². The monoisotopic (exact) mass is 361 g/mol. The van der Waals surface area contributed by atoms with E-state index in [-0.39, 0.29) is 18.0 Å². The average molecular weight is 362 g/mol. The van der Waals surface area contributed by atoms with Crippen molar-refractivity contribution in [3.63, 3.8) is 0 Å². The summed E-state index contributed by atoms with van der Waals surface area (Å²) >= 11 is 6.06. The van der Waals surface area contributed by atoms with Gasteiger partial charge >= 0.3 is 5.97 Å². The molecule has 0 N–H and O–H groups in total. The number of esters is 1. The Hall–Kier alpha value is -1.85. The van der Waals surface area contributed by atoms with Gasteiger partial charge in [0.2, 0.25) is 5.91 Å². The number of hydrogen-bond acceptors (Lipinski definition) is 4. The molecule has 0 unspecified atom stereocenters. The summed E-state index contributed by atoms with van der Waals surface area (Å²) < 4.78 is 11.5. The smallest absolute Gasteiger partial charge is 0.312 e. The SMILES string of the molecule is CCCCOC(=O)[C@@H]1[C@H]2C(=O)N(c3cccc(Cl)c3)C[C@@]23C=C[C@H]1O3. The maximum Gasteiger partial charge on any atom is 0.312 e. The Labute approximate surface area is 151 Å². The molecule has 3 heterocycles. The molecule has 6 heteroatoms. The first-order chi connectivity index (χ1) is 12.1. The molecule has 1 aromatic rings. The number of rotatable bonds is 5. The second-order valence-corrected chi connectivity index (χ2v) is 7.26. The zero-order valence-electron chi connectivity index (χ0n) is 14.0. The van der Waals surface area contributed by atoms with Gasteiger partial charge in [0.15, 0.2) is 0 Å². The molecule has 1 spiro atoms. The lowest BCUT2D eigenvalue weighted by molar-refractivity contribution is -0.152. The third-order valence-electron chi connectivity index (χ3n) is 5.23. The van der Waals surface area contributed by atoms with E-state index in [0.29, 0.717) is 18.2 Å². The lowest BCUT2D eigenvalue weighted by Gasteiger charge is -2.22. The van der Waals surface area contributed by atoms with Crippen molar-refractivity contribution >= 4 is 29.2 Å². The van der Waals surface area contributed by atoms with Crippen LogP contribution < -0.4 is 4.90 Å². The first kappa shape index (κ1) is 16.6. The van der Waals surface area contributed by atoms with Crippen molar-refractivity contribution in [1.29, 1.82) is 0 Å². The fourth-order valence-electron chi connectivity index (χ4n) is 4.04. The molecule has 4 rings (SSSR count). The minimum atomic E-state index is -0.738. The second-order valence-electron chi connectivity index (χ2n) is 6.83. The summed E-state index contributed by atoms with van der Waals surface area (Å²) in [7, 11) is 0. The van der Waals surface area contributed by atoms with Crippen LogP contribution in [0.25, 0.3) is 0 Å². The number of carbonyl (C=O) groups excluding carboxylic acids is 2. The second kappa shape index (κ2) is 6.15. The topological polar surface area (TPSA) is 55.8 Å². The molecular weight excluding hydrogens is 342 g/mol. The summed E-state index contributed by atoms with van der Waals surface area (Å²) in [5, 5.41) is 0.566. The molecular formula is C19H20ClNO4. The van der Waals surface area contributed by atoms with Crippen molar-refractivity contribution in [3.8, 4) is 0 Å². The standard InChI is InChI=1S/C19H20ClNO4/c1-2-3-9-24-18(23)15-14-7-8-19(25-14)11-21(17(22)16(15)19)13-6-4-5-12(20)10-13/h4-8,10,14-16H,2-3,9,11H2,1H3/t14-,15+,16+,19+/m1/s1. The van der Waals surface area contributed by atoms with Gasteiger partial charge in [-0.25, -0.2) is 0 Å². The predicted molar refractivity (Wildman–Crippen MR) is 93.4 cm³/mol. The fourth-order valence-corrected chi connectivity index (χ4v) is 4.23. The highest BCUT2D eigenvalue weighted by molar-refractivity contribution is 6.31. The highest BCUT2D eigenvalue weighted by Gasteiger charge is 2.67. The number of carbonyl (C=O) groups is 2. The van der Waals surface area contributed by atoms with Crippen molar-refractivity contribution in [1.82, 2.24) is 0 Å². The molecule has 0 aliphatic carbocycles. The van der Waals surface area contributed by atoms with Crippen molar-refractivity contribution in [3.05, 3.63) is 41.4 Å². The minimum absolute atomic E-state index is 0.105. The Morgan fingerprint density at radius 2 is 2.32 bits per heavy atom. The van der Waals surface area contributed by atoms with E-state index in [1.54, 1.807) is 23.1 Å². The van der Waals surface area contributed by atoms with E-state index in [0.717, 1.165) is 18.5 Å². The Kier molecular flexibility index (Phi) is 4.08. The quantitative estimate of drug-likeness (QED) is 0.459. The Balaban J connectivity index is 1.60. The van der Waals surface area contributed by atoms with Gasteiger partial charge in [0.1, 0.15) is 11.5 Å². The van der Waals surface area contributed by atoms with E-state index in [9.17, 15) is 9.59 Å². The molecule has 0 saturated carbocycles. The van der Waals surface area contributed by atoms with Gasteiger partial charge in [0, 0.05) is 10.7 Å². The Morgan fingerprint density at radius 1 is 1.48 bits per heavy atom. The molecule has 3 aliphatic rings. The van der Waals surface area contributed by atoms with Crippen molar-refractivity contribution in [2.45, 2.75) is 31.5 Å². The first-order valence-electron chi connectivity index (χ1n) is 8.66. The first-order valence-corrected chi connectivity index (χ1v) is 9.04. The van der Waals surface area contributed by atoms with E-state index in [2.05, 4.69) is 0 Å². The number of hydrogen-bond donors (Lipinski definition) is 0. The number of benzene rings is 1. The average Bonchev–Trinajstić information content (AvgIpc) is 3.23. The zero-order chi connectivity index (χ0) is 17.6. The van der Waals surface area contributed by atoms with Gasteiger partial charge in [0.05, 0.1) is 25.2 Å². The Bertz CT molecular complexity index is 749. The number of amides is 1. The third-order valence-corrected chi connectivity index (χ3v) is 5.47. The largest absolute Gasteiger partial charge is 0.465 e. The van der Waals surface area contributed by atoms with Crippen LogP contribution in [0.1, 0.15) is 19.8 Å². The summed E-state index contributed by atoms with van der Waals surface area (Å²) in [6, 6.07) is 7.16. The van der Waals surface area contributed by atoms with Crippen LogP contribution in [-0.2, 0) is 19.1 Å². The number of halogens is 1. The molecule has 4 atom stereocenters. The molecule has 132 valence electrons.